The lowest BCUT2D eigenvalue weighted by molar-refractivity contribution is 0.585. The normalized spacial score (nSPS) is 10.9. The zero-order valence-electron chi connectivity index (χ0n) is 15.6. The molecule has 6 nitrogen and oxygen atoms in total. The number of rotatable bonds is 3. The monoisotopic (exact) mass is 391 g/mol. The largest absolute Gasteiger partial charge is 0.329 e. The Labute approximate surface area is 164 Å². The van der Waals surface area contributed by atoms with E-state index in [1.165, 1.54) is 16.6 Å². The van der Waals surface area contributed by atoms with Gasteiger partial charge in [-0.2, -0.15) is 5.26 Å². The third-order valence-electron chi connectivity index (χ3n) is 4.71. The molecule has 0 aliphatic rings. The van der Waals surface area contributed by atoms with Crippen molar-refractivity contribution in [1.82, 2.24) is 14.6 Å². The van der Waals surface area contributed by atoms with E-state index in [4.69, 9.17) is 5.26 Å². The Morgan fingerprint density at radius 3 is 2.52 bits per heavy atom. The third kappa shape index (κ3) is 3.12. The quantitative estimate of drug-likeness (QED) is 0.574. The van der Waals surface area contributed by atoms with E-state index < -0.39 is 11.6 Å². The molecule has 4 aromatic rings. The molecule has 0 unspecified atom stereocenters. The lowest BCUT2D eigenvalue weighted by Crippen LogP contribution is -2.19. The Kier molecular flexibility index (Phi) is 4.35. The van der Waals surface area contributed by atoms with Gasteiger partial charge in [0.25, 0.3) is 5.56 Å². The first-order valence-electron chi connectivity index (χ1n) is 8.70. The molecule has 0 spiro atoms. The van der Waals surface area contributed by atoms with E-state index in [0.717, 1.165) is 17.8 Å². The highest BCUT2D eigenvalue weighted by molar-refractivity contribution is 5.81. The number of aromatic amines is 1. The molecule has 144 valence electrons. The number of nitriles is 1. The SMILES string of the molecule is Cc1[nH]n2c(=O)cc(N(C)c3ccc(C#N)cc3)nc2c1-c1ccc(F)cc1F. The molecule has 2 aromatic carbocycles. The molecule has 0 aliphatic heterocycles. The van der Waals surface area contributed by atoms with Crippen LogP contribution in [0, 0.1) is 29.9 Å². The number of hydrogen-bond acceptors (Lipinski definition) is 4. The Balaban J connectivity index is 1.90. The summed E-state index contributed by atoms with van der Waals surface area (Å²) in [5, 5.41) is 11.8. The summed E-state index contributed by atoms with van der Waals surface area (Å²) in [6.45, 7) is 1.69. The van der Waals surface area contributed by atoms with Crippen LogP contribution in [0.25, 0.3) is 16.8 Å². The highest BCUT2D eigenvalue weighted by atomic mass is 19.1. The van der Waals surface area contributed by atoms with E-state index in [-0.39, 0.29) is 16.8 Å². The second-order valence-electron chi connectivity index (χ2n) is 6.57. The molecule has 8 heteroatoms. The maximum Gasteiger partial charge on any atom is 0.274 e. The number of nitrogens with zero attached hydrogens (tertiary/aromatic N) is 4. The number of hydrogen-bond donors (Lipinski definition) is 1. The summed E-state index contributed by atoms with van der Waals surface area (Å²) in [5.41, 5.74) is 2.15. The first-order valence-corrected chi connectivity index (χ1v) is 8.70. The van der Waals surface area contributed by atoms with Crippen LogP contribution in [0.15, 0.2) is 53.3 Å². The average molecular weight is 391 g/mol. The van der Waals surface area contributed by atoms with E-state index in [1.807, 2.05) is 6.07 Å². The van der Waals surface area contributed by atoms with Crippen LogP contribution < -0.4 is 10.5 Å². The number of aromatic nitrogens is 3. The molecule has 2 heterocycles. The van der Waals surface area contributed by atoms with Crippen molar-refractivity contribution in [2.75, 3.05) is 11.9 Å². The van der Waals surface area contributed by atoms with Crippen LogP contribution in [0.3, 0.4) is 0 Å². The molecule has 0 fully saturated rings. The van der Waals surface area contributed by atoms with Crippen LogP contribution in [-0.4, -0.2) is 21.6 Å². The Morgan fingerprint density at radius 2 is 1.86 bits per heavy atom. The molecule has 4 rings (SSSR count). The smallest absolute Gasteiger partial charge is 0.274 e. The van der Waals surface area contributed by atoms with Crippen molar-refractivity contribution in [2.24, 2.45) is 0 Å². The van der Waals surface area contributed by atoms with Gasteiger partial charge in [-0.25, -0.2) is 18.3 Å². The van der Waals surface area contributed by atoms with Crippen LogP contribution in [0.2, 0.25) is 0 Å². The van der Waals surface area contributed by atoms with Gasteiger partial charge >= 0.3 is 0 Å². The first kappa shape index (κ1) is 18.4. The van der Waals surface area contributed by atoms with Crippen molar-refractivity contribution in [3.63, 3.8) is 0 Å². The van der Waals surface area contributed by atoms with Gasteiger partial charge in [0.15, 0.2) is 5.65 Å². The zero-order valence-corrected chi connectivity index (χ0v) is 15.6. The molecule has 29 heavy (non-hydrogen) atoms. The molecular formula is C21H15F2N5O. The lowest BCUT2D eigenvalue weighted by atomic mass is 10.1. The second-order valence-corrected chi connectivity index (χ2v) is 6.57. The van der Waals surface area contributed by atoms with Gasteiger partial charge in [-0.15, -0.1) is 0 Å². The fourth-order valence-electron chi connectivity index (χ4n) is 3.22. The predicted molar refractivity (Wildman–Crippen MR) is 105 cm³/mol. The maximum atomic E-state index is 14.4. The van der Waals surface area contributed by atoms with E-state index in [0.29, 0.717) is 22.6 Å². The summed E-state index contributed by atoms with van der Waals surface area (Å²) >= 11 is 0. The highest BCUT2D eigenvalue weighted by Crippen LogP contribution is 2.31. The van der Waals surface area contributed by atoms with Crippen molar-refractivity contribution in [3.8, 4) is 17.2 Å². The highest BCUT2D eigenvalue weighted by Gasteiger charge is 2.19. The first-order chi connectivity index (χ1) is 13.9. The third-order valence-corrected chi connectivity index (χ3v) is 4.71. The van der Waals surface area contributed by atoms with Crippen LogP contribution in [0.1, 0.15) is 11.3 Å². The Bertz CT molecular complexity index is 1330. The number of halogens is 2. The molecule has 0 saturated carbocycles. The molecule has 0 radical (unpaired) electrons. The van der Waals surface area contributed by atoms with E-state index >= 15 is 0 Å². The minimum atomic E-state index is -0.741. The van der Waals surface area contributed by atoms with Crippen molar-refractivity contribution < 1.29 is 8.78 Å². The van der Waals surface area contributed by atoms with Gasteiger partial charge in [0.05, 0.1) is 17.2 Å². The van der Waals surface area contributed by atoms with Gasteiger partial charge in [0.2, 0.25) is 0 Å². The van der Waals surface area contributed by atoms with Gasteiger partial charge in [-0.3, -0.25) is 9.89 Å². The summed E-state index contributed by atoms with van der Waals surface area (Å²) in [5.74, 6) is -1.08. The van der Waals surface area contributed by atoms with Gasteiger partial charge in [0, 0.05) is 36.1 Å². The van der Waals surface area contributed by atoms with Crippen molar-refractivity contribution in [1.29, 1.82) is 5.26 Å². The van der Waals surface area contributed by atoms with E-state index in [9.17, 15) is 13.6 Å². The van der Waals surface area contributed by atoms with Crippen LogP contribution in [0.5, 0.6) is 0 Å². The van der Waals surface area contributed by atoms with E-state index in [2.05, 4.69) is 10.1 Å². The topological polar surface area (TPSA) is 77.2 Å². The lowest BCUT2D eigenvalue weighted by Gasteiger charge is -2.18. The maximum absolute atomic E-state index is 14.4. The van der Waals surface area contributed by atoms with Crippen molar-refractivity contribution in [2.45, 2.75) is 6.92 Å². The number of aryl methyl sites for hydroxylation is 1. The average Bonchev–Trinajstić information content (AvgIpc) is 3.04. The van der Waals surface area contributed by atoms with E-state index in [1.54, 1.807) is 43.1 Å². The van der Waals surface area contributed by atoms with Crippen LogP contribution >= 0.6 is 0 Å². The van der Waals surface area contributed by atoms with Gasteiger partial charge in [-0.05, 0) is 43.3 Å². The van der Waals surface area contributed by atoms with Gasteiger partial charge in [0.1, 0.15) is 17.5 Å². The number of nitrogens with one attached hydrogen (secondary N) is 1. The van der Waals surface area contributed by atoms with Crippen LogP contribution in [0.4, 0.5) is 20.3 Å². The van der Waals surface area contributed by atoms with Crippen molar-refractivity contribution in [3.05, 3.63) is 81.8 Å². The summed E-state index contributed by atoms with van der Waals surface area (Å²) < 4.78 is 29.0. The molecular weight excluding hydrogens is 376 g/mol. The van der Waals surface area contributed by atoms with Crippen LogP contribution in [-0.2, 0) is 0 Å². The fourth-order valence-corrected chi connectivity index (χ4v) is 3.22. The molecule has 0 aliphatic carbocycles. The Morgan fingerprint density at radius 1 is 1.14 bits per heavy atom. The van der Waals surface area contributed by atoms with Gasteiger partial charge < -0.3 is 4.90 Å². The number of H-pyrrole nitrogens is 1. The van der Waals surface area contributed by atoms with Gasteiger partial charge in [-0.1, -0.05) is 0 Å². The second kappa shape index (κ2) is 6.87. The standard InChI is InChI=1S/C21H15F2N5O/c1-12-20(16-8-5-14(22)9-17(16)23)21-25-18(10-19(29)28(21)26-12)27(2)15-6-3-13(11-24)4-7-15/h3-10,26H,1-2H3. The summed E-state index contributed by atoms with van der Waals surface area (Å²) in [4.78, 5) is 18.9. The summed E-state index contributed by atoms with van der Waals surface area (Å²) in [6, 6.07) is 13.5. The minimum Gasteiger partial charge on any atom is -0.329 e. The Hall–Kier alpha value is -3.99. The summed E-state index contributed by atoms with van der Waals surface area (Å²) in [7, 11) is 1.73. The van der Waals surface area contributed by atoms with Crippen molar-refractivity contribution >= 4 is 17.2 Å². The molecule has 1 N–H and O–H groups in total. The molecule has 0 amide bonds. The molecule has 2 aromatic heterocycles. The predicted octanol–water partition coefficient (Wildman–Crippen LogP) is 3.92. The number of fused-ring (bicyclic) bond motifs is 1. The number of benzene rings is 2. The molecule has 0 atom stereocenters. The zero-order chi connectivity index (χ0) is 20.7. The number of anilines is 2. The fraction of sp³-hybridized carbons (Fsp3) is 0.0952. The summed E-state index contributed by atoms with van der Waals surface area (Å²) in [6.07, 6.45) is 0. The molecule has 0 saturated heterocycles. The minimum absolute atomic E-state index is 0.146. The molecule has 0 bridgehead atoms.